The third-order valence-electron chi connectivity index (χ3n) is 3.53. The van der Waals surface area contributed by atoms with E-state index in [1.807, 2.05) is 12.3 Å². The Morgan fingerprint density at radius 1 is 1.29 bits per heavy atom. The fraction of sp³-hybridized carbons (Fsp3) is 0.615. The van der Waals surface area contributed by atoms with Gasteiger partial charge in [0.25, 0.3) is 0 Å². The van der Waals surface area contributed by atoms with Crippen molar-refractivity contribution in [2.75, 3.05) is 25.1 Å². The second-order valence-corrected chi connectivity index (χ2v) is 4.93. The SMILES string of the molecule is COc1ccc(N2CCC(NC3CC3)C2)cn1. The van der Waals surface area contributed by atoms with Gasteiger partial charge in [-0.05, 0) is 25.3 Å². The summed E-state index contributed by atoms with van der Waals surface area (Å²) in [4.78, 5) is 6.65. The first-order valence-corrected chi connectivity index (χ1v) is 6.36. The lowest BCUT2D eigenvalue weighted by Crippen LogP contribution is -2.33. The van der Waals surface area contributed by atoms with Crippen molar-refractivity contribution >= 4 is 5.69 Å². The van der Waals surface area contributed by atoms with Crippen LogP contribution in [-0.4, -0.2) is 37.3 Å². The molecule has 1 saturated carbocycles. The second kappa shape index (κ2) is 4.53. The van der Waals surface area contributed by atoms with Gasteiger partial charge in [-0.3, -0.25) is 0 Å². The maximum absolute atomic E-state index is 5.07. The van der Waals surface area contributed by atoms with Crippen LogP contribution >= 0.6 is 0 Å². The van der Waals surface area contributed by atoms with Gasteiger partial charge >= 0.3 is 0 Å². The van der Waals surface area contributed by atoms with Gasteiger partial charge in [-0.1, -0.05) is 0 Å². The Hall–Kier alpha value is -1.29. The molecule has 2 aliphatic rings. The monoisotopic (exact) mass is 233 g/mol. The van der Waals surface area contributed by atoms with Crippen LogP contribution in [-0.2, 0) is 0 Å². The molecule has 2 heterocycles. The van der Waals surface area contributed by atoms with Crippen LogP contribution in [0.4, 0.5) is 5.69 Å². The molecule has 4 nitrogen and oxygen atoms in total. The fourth-order valence-corrected chi connectivity index (χ4v) is 2.39. The predicted octanol–water partition coefficient (Wildman–Crippen LogP) is 1.42. The molecule has 1 saturated heterocycles. The highest BCUT2D eigenvalue weighted by molar-refractivity contribution is 5.46. The molecular formula is C13H19N3O. The minimum absolute atomic E-state index is 0.657. The standard InChI is InChI=1S/C13H19N3O/c1-17-13-5-4-12(8-14-13)16-7-6-11(9-16)15-10-2-3-10/h4-5,8,10-11,15H,2-3,6-7,9H2,1H3. The summed E-state index contributed by atoms with van der Waals surface area (Å²) in [5.41, 5.74) is 1.20. The van der Waals surface area contributed by atoms with Crippen LogP contribution in [0.5, 0.6) is 5.88 Å². The largest absolute Gasteiger partial charge is 0.481 e. The van der Waals surface area contributed by atoms with Gasteiger partial charge in [0.05, 0.1) is 19.0 Å². The number of methoxy groups -OCH3 is 1. The second-order valence-electron chi connectivity index (χ2n) is 4.93. The van der Waals surface area contributed by atoms with E-state index < -0.39 is 0 Å². The van der Waals surface area contributed by atoms with Gasteiger partial charge in [0, 0.05) is 31.2 Å². The average molecular weight is 233 g/mol. The van der Waals surface area contributed by atoms with Gasteiger partial charge in [-0.25, -0.2) is 4.98 Å². The lowest BCUT2D eigenvalue weighted by molar-refractivity contribution is 0.398. The van der Waals surface area contributed by atoms with E-state index >= 15 is 0 Å². The van der Waals surface area contributed by atoms with E-state index in [1.165, 1.54) is 24.9 Å². The molecule has 1 aliphatic carbocycles. The molecule has 1 unspecified atom stereocenters. The summed E-state index contributed by atoms with van der Waals surface area (Å²) in [7, 11) is 1.65. The number of nitrogens with one attached hydrogen (secondary N) is 1. The van der Waals surface area contributed by atoms with E-state index in [4.69, 9.17) is 4.74 Å². The Balaban J connectivity index is 1.60. The number of nitrogens with zero attached hydrogens (tertiary/aromatic N) is 2. The topological polar surface area (TPSA) is 37.4 Å². The van der Waals surface area contributed by atoms with Gasteiger partial charge < -0.3 is 15.0 Å². The van der Waals surface area contributed by atoms with Crippen LogP contribution < -0.4 is 15.0 Å². The molecule has 1 aromatic heterocycles. The van der Waals surface area contributed by atoms with E-state index in [-0.39, 0.29) is 0 Å². The summed E-state index contributed by atoms with van der Waals surface area (Å²) in [6.45, 7) is 2.23. The van der Waals surface area contributed by atoms with E-state index in [1.54, 1.807) is 7.11 Å². The van der Waals surface area contributed by atoms with E-state index in [0.29, 0.717) is 11.9 Å². The van der Waals surface area contributed by atoms with Crippen LogP contribution in [0.2, 0.25) is 0 Å². The summed E-state index contributed by atoms with van der Waals surface area (Å²) in [5.74, 6) is 0.681. The molecule has 0 spiro atoms. The smallest absolute Gasteiger partial charge is 0.213 e. The molecule has 0 amide bonds. The maximum Gasteiger partial charge on any atom is 0.213 e. The molecule has 1 atom stereocenters. The highest BCUT2D eigenvalue weighted by Crippen LogP contribution is 2.25. The summed E-state index contributed by atoms with van der Waals surface area (Å²) < 4.78 is 5.07. The van der Waals surface area contributed by atoms with E-state index in [0.717, 1.165) is 19.1 Å². The van der Waals surface area contributed by atoms with Gasteiger partial charge in [-0.2, -0.15) is 0 Å². The number of aromatic nitrogens is 1. The molecule has 1 N–H and O–H groups in total. The van der Waals surface area contributed by atoms with Crippen LogP contribution in [0.1, 0.15) is 19.3 Å². The third kappa shape index (κ3) is 2.52. The predicted molar refractivity (Wildman–Crippen MR) is 67.6 cm³/mol. The van der Waals surface area contributed by atoms with Gasteiger partial charge in [-0.15, -0.1) is 0 Å². The summed E-state index contributed by atoms with van der Waals surface area (Å²) >= 11 is 0. The van der Waals surface area contributed by atoms with Crippen LogP contribution in [0.15, 0.2) is 18.3 Å². The van der Waals surface area contributed by atoms with Crippen molar-refractivity contribution in [3.8, 4) is 5.88 Å². The van der Waals surface area contributed by atoms with Crippen molar-refractivity contribution in [3.05, 3.63) is 18.3 Å². The lowest BCUT2D eigenvalue weighted by atomic mass is 10.2. The molecular weight excluding hydrogens is 214 g/mol. The lowest BCUT2D eigenvalue weighted by Gasteiger charge is -2.18. The number of pyridine rings is 1. The van der Waals surface area contributed by atoms with Crippen LogP contribution in [0.25, 0.3) is 0 Å². The van der Waals surface area contributed by atoms with Gasteiger partial charge in [0.1, 0.15) is 0 Å². The molecule has 0 bridgehead atoms. The Kier molecular flexibility index (Phi) is 2.89. The molecule has 1 aliphatic heterocycles. The summed E-state index contributed by atoms with van der Waals surface area (Å²) in [5, 5.41) is 3.69. The van der Waals surface area contributed by atoms with Crippen molar-refractivity contribution in [1.82, 2.24) is 10.3 Å². The number of rotatable bonds is 4. The normalized spacial score (nSPS) is 24.1. The molecule has 17 heavy (non-hydrogen) atoms. The molecule has 2 fully saturated rings. The minimum atomic E-state index is 0.657. The van der Waals surface area contributed by atoms with Crippen molar-refractivity contribution in [3.63, 3.8) is 0 Å². The highest BCUT2D eigenvalue weighted by atomic mass is 16.5. The number of anilines is 1. The molecule has 0 aromatic carbocycles. The molecule has 92 valence electrons. The van der Waals surface area contributed by atoms with E-state index in [9.17, 15) is 0 Å². The van der Waals surface area contributed by atoms with Crippen molar-refractivity contribution < 1.29 is 4.74 Å². The Bertz CT molecular complexity index is 375. The number of ether oxygens (including phenoxy) is 1. The third-order valence-corrected chi connectivity index (χ3v) is 3.53. The van der Waals surface area contributed by atoms with Crippen molar-refractivity contribution in [2.24, 2.45) is 0 Å². The van der Waals surface area contributed by atoms with Crippen molar-refractivity contribution in [1.29, 1.82) is 0 Å². The van der Waals surface area contributed by atoms with Crippen molar-refractivity contribution in [2.45, 2.75) is 31.3 Å². The van der Waals surface area contributed by atoms with Gasteiger partial charge in [0.15, 0.2) is 0 Å². The van der Waals surface area contributed by atoms with E-state index in [2.05, 4.69) is 21.3 Å². The zero-order valence-electron chi connectivity index (χ0n) is 10.2. The first-order valence-electron chi connectivity index (χ1n) is 6.36. The molecule has 3 rings (SSSR count). The Morgan fingerprint density at radius 2 is 2.18 bits per heavy atom. The highest BCUT2D eigenvalue weighted by Gasteiger charge is 2.29. The average Bonchev–Trinajstić information content (AvgIpc) is 3.06. The summed E-state index contributed by atoms with van der Waals surface area (Å²) in [6.07, 6.45) is 5.86. The first kappa shape index (κ1) is 10.8. The first-order chi connectivity index (χ1) is 8.35. The van der Waals surface area contributed by atoms with Gasteiger partial charge in [0.2, 0.25) is 5.88 Å². The van der Waals surface area contributed by atoms with Crippen LogP contribution in [0, 0.1) is 0 Å². The number of hydrogen-bond acceptors (Lipinski definition) is 4. The quantitative estimate of drug-likeness (QED) is 0.853. The van der Waals surface area contributed by atoms with Crippen LogP contribution in [0.3, 0.4) is 0 Å². The fourth-order valence-electron chi connectivity index (χ4n) is 2.39. The molecule has 0 radical (unpaired) electrons. The maximum atomic E-state index is 5.07. The Morgan fingerprint density at radius 3 is 2.82 bits per heavy atom. The summed E-state index contributed by atoms with van der Waals surface area (Å²) in [6, 6.07) is 5.47. The minimum Gasteiger partial charge on any atom is -0.481 e. The zero-order valence-corrected chi connectivity index (χ0v) is 10.2. The molecule has 4 heteroatoms. The zero-order chi connectivity index (χ0) is 11.7. The Labute approximate surface area is 102 Å². The molecule has 1 aromatic rings. The number of hydrogen-bond donors (Lipinski definition) is 1.